The Morgan fingerprint density at radius 2 is 1.79 bits per heavy atom. The third kappa shape index (κ3) is 5.24. The van der Waals surface area contributed by atoms with Crippen LogP contribution in [0.1, 0.15) is 83.8 Å². The standard InChI is InChI=1S/C27H34ClFN2O2/c1-8-12-27(6,7)31(13-9-2)25(32)23-16-22-24(33-23)18(26(3,4)5)15-21(30-22)17-10-11-19(28)20(29)14-17/h10-11,14-16H,8-9,12-13H2,1-7H3. The summed E-state index contributed by atoms with van der Waals surface area (Å²) in [5.41, 5.74) is 2.76. The summed E-state index contributed by atoms with van der Waals surface area (Å²) in [5, 5.41) is 0.0674. The van der Waals surface area contributed by atoms with E-state index in [-0.39, 0.29) is 27.6 Å². The molecule has 0 saturated heterocycles. The molecule has 0 aliphatic carbocycles. The molecule has 0 atom stereocenters. The minimum atomic E-state index is -0.496. The zero-order valence-electron chi connectivity index (χ0n) is 20.7. The number of hydrogen-bond acceptors (Lipinski definition) is 3. The molecule has 33 heavy (non-hydrogen) atoms. The number of carbonyl (C=O) groups excluding carboxylic acids is 1. The molecule has 0 N–H and O–H groups in total. The Kier molecular flexibility index (Phi) is 7.23. The van der Waals surface area contributed by atoms with Gasteiger partial charge in [0.2, 0.25) is 0 Å². The van der Waals surface area contributed by atoms with Crippen molar-refractivity contribution in [2.75, 3.05) is 6.54 Å². The topological polar surface area (TPSA) is 46.3 Å². The second kappa shape index (κ2) is 9.46. The van der Waals surface area contributed by atoms with E-state index in [2.05, 4.69) is 48.5 Å². The van der Waals surface area contributed by atoms with Crippen LogP contribution in [0.25, 0.3) is 22.4 Å². The van der Waals surface area contributed by atoms with Gasteiger partial charge in [-0.15, -0.1) is 0 Å². The van der Waals surface area contributed by atoms with Gasteiger partial charge in [0.1, 0.15) is 11.3 Å². The van der Waals surface area contributed by atoms with Crippen molar-refractivity contribution in [1.82, 2.24) is 9.88 Å². The first kappa shape index (κ1) is 25.2. The molecule has 3 rings (SSSR count). The second-order valence-electron chi connectivity index (χ2n) is 10.3. The summed E-state index contributed by atoms with van der Waals surface area (Å²) in [4.78, 5) is 20.2. The number of furan rings is 1. The summed E-state index contributed by atoms with van der Waals surface area (Å²) < 4.78 is 20.3. The highest BCUT2D eigenvalue weighted by Gasteiger charge is 2.33. The molecule has 1 aromatic carbocycles. The molecule has 0 aliphatic rings. The van der Waals surface area contributed by atoms with Gasteiger partial charge in [-0.2, -0.15) is 0 Å². The van der Waals surface area contributed by atoms with E-state index in [1.165, 1.54) is 12.1 Å². The number of halogens is 2. The number of fused-ring (bicyclic) bond motifs is 1. The number of hydrogen-bond donors (Lipinski definition) is 0. The van der Waals surface area contributed by atoms with E-state index in [4.69, 9.17) is 21.0 Å². The number of benzene rings is 1. The van der Waals surface area contributed by atoms with Crippen molar-refractivity contribution >= 4 is 28.6 Å². The van der Waals surface area contributed by atoms with E-state index in [0.29, 0.717) is 28.9 Å². The van der Waals surface area contributed by atoms with Gasteiger partial charge < -0.3 is 9.32 Å². The molecule has 2 aromatic heterocycles. The van der Waals surface area contributed by atoms with E-state index in [1.807, 2.05) is 11.0 Å². The predicted molar refractivity (Wildman–Crippen MR) is 133 cm³/mol. The summed E-state index contributed by atoms with van der Waals surface area (Å²) in [7, 11) is 0. The summed E-state index contributed by atoms with van der Waals surface area (Å²) in [6.45, 7) is 15.3. The normalized spacial score (nSPS) is 12.4. The number of rotatable bonds is 7. The van der Waals surface area contributed by atoms with Crippen molar-refractivity contribution in [2.24, 2.45) is 0 Å². The zero-order valence-corrected chi connectivity index (χ0v) is 21.4. The largest absolute Gasteiger partial charge is 0.449 e. The molecule has 2 heterocycles. The fourth-order valence-corrected chi connectivity index (χ4v) is 4.39. The number of nitrogens with zero attached hydrogens (tertiary/aromatic N) is 2. The van der Waals surface area contributed by atoms with Gasteiger partial charge in [-0.3, -0.25) is 4.79 Å². The van der Waals surface area contributed by atoms with Crippen LogP contribution in [-0.2, 0) is 5.41 Å². The molecule has 1 amide bonds. The van der Waals surface area contributed by atoms with E-state index in [0.717, 1.165) is 24.8 Å². The maximum Gasteiger partial charge on any atom is 0.290 e. The number of carbonyl (C=O) groups is 1. The van der Waals surface area contributed by atoms with Crippen LogP contribution in [0.15, 0.2) is 34.7 Å². The van der Waals surface area contributed by atoms with Crippen molar-refractivity contribution in [3.05, 3.63) is 52.5 Å². The Hall–Kier alpha value is -2.40. The molecule has 0 unspecified atom stereocenters. The van der Waals surface area contributed by atoms with Crippen molar-refractivity contribution < 1.29 is 13.6 Å². The van der Waals surface area contributed by atoms with E-state index in [9.17, 15) is 9.18 Å². The Morgan fingerprint density at radius 1 is 1.09 bits per heavy atom. The fourth-order valence-electron chi connectivity index (χ4n) is 4.27. The average molecular weight is 473 g/mol. The van der Waals surface area contributed by atoms with Crippen molar-refractivity contribution in [3.63, 3.8) is 0 Å². The summed E-state index contributed by atoms with van der Waals surface area (Å²) in [6.07, 6.45) is 2.74. The van der Waals surface area contributed by atoms with Gasteiger partial charge in [0.05, 0.1) is 10.7 Å². The van der Waals surface area contributed by atoms with E-state index < -0.39 is 5.82 Å². The lowest BCUT2D eigenvalue weighted by Gasteiger charge is -2.38. The Bertz CT molecular complexity index is 1160. The highest BCUT2D eigenvalue weighted by atomic mass is 35.5. The van der Waals surface area contributed by atoms with Crippen LogP contribution in [0, 0.1) is 5.82 Å². The first-order valence-corrected chi connectivity index (χ1v) is 12.0. The van der Waals surface area contributed by atoms with Gasteiger partial charge in [-0.25, -0.2) is 9.37 Å². The lowest BCUT2D eigenvalue weighted by atomic mass is 9.86. The van der Waals surface area contributed by atoms with E-state index >= 15 is 0 Å². The number of amides is 1. The molecule has 3 aromatic rings. The molecular formula is C27H34ClFN2O2. The molecule has 4 nitrogen and oxygen atoms in total. The number of pyridine rings is 1. The molecule has 6 heteroatoms. The minimum absolute atomic E-state index is 0.0674. The quantitative estimate of drug-likeness (QED) is 0.349. The van der Waals surface area contributed by atoms with Gasteiger partial charge >= 0.3 is 0 Å². The summed E-state index contributed by atoms with van der Waals surface area (Å²) in [5.74, 6) is -0.350. The second-order valence-corrected chi connectivity index (χ2v) is 10.7. The predicted octanol–water partition coefficient (Wildman–Crippen LogP) is 8.02. The summed E-state index contributed by atoms with van der Waals surface area (Å²) >= 11 is 5.87. The van der Waals surface area contributed by atoms with Crippen molar-refractivity contribution in [1.29, 1.82) is 0 Å². The van der Waals surface area contributed by atoms with Crippen LogP contribution in [0.4, 0.5) is 4.39 Å². The number of aromatic nitrogens is 1. The van der Waals surface area contributed by atoms with Crippen LogP contribution in [0.3, 0.4) is 0 Å². The Balaban J connectivity index is 2.16. The van der Waals surface area contributed by atoms with Gasteiger partial charge in [0, 0.05) is 29.3 Å². The molecule has 178 valence electrons. The fraction of sp³-hybridized carbons (Fsp3) is 0.481. The Morgan fingerprint density at radius 3 is 2.36 bits per heavy atom. The zero-order chi connectivity index (χ0) is 24.6. The van der Waals surface area contributed by atoms with Crippen LogP contribution in [-0.4, -0.2) is 27.9 Å². The van der Waals surface area contributed by atoms with Crippen LogP contribution < -0.4 is 0 Å². The lowest BCUT2D eigenvalue weighted by Crippen LogP contribution is -2.48. The maximum absolute atomic E-state index is 14.1. The molecule has 0 radical (unpaired) electrons. The van der Waals surface area contributed by atoms with Crippen LogP contribution in [0.2, 0.25) is 5.02 Å². The van der Waals surface area contributed by atoms with E-state index in [1.54, 1.807) is 12.1 Å². The molecule has 0 spiro atoms. The molecule has 0 fully saturated rings. The van der Waals surface area contributed by atoms with Crippen LogP contribution in [0.5, 0.6) is 0 Å². The Labute approximate surface area is 201 Å². The van der Waals surface area contributed by atoms with Gasteiger partial charge in [-0.05, 0) is 50.3 Å². The average Bonchev–Trinajstić information content (AvgIpc) is 3.16. The van der Waals surface area contributed by atoms with Gasteiger partial charge in [-0.1, -0.05) is 58.7 Å². The van der Waals surface area contributed by atoms with Gasteiger partial charge in [0.25, 0.3) is 5.91 Å². The summed E-state index contributed by atoms with van der Waals surface area (Å²) in [6, 6.07) is 8.28. The van der Waals surface area contributed by atoms with Crippen LogP contribution >= 0.6 is 11.6 Å². The van der Waals surface area contributed by atoms with Crippen molar-refractivity contribution in [3.8, 4) is 11.3 Å². The smallest absolute Gasteiger partial charge is 0.290 e. The lowest BCUT2D eigenvalue weighted by molar-refractivity contribution is 0.0497. The molecule has 0 saturated carbocycles. The molecular weight excluding hydrogens is 439 g/mol. The first-order valence-electron chi connectivity index (χ1n) is 11.6. The third-order valence-corrected chi connectivity index (χ3v) is 6.30. The molecule has 0 bridgehead atoms. The third-order valence-electron chi connectivity index (χ3n) is 6.00. The highest BCUT2D eigenvalue weighted by molar-refractivity contribution is 6.30. The van der Waals surface area contributed by atoms with Crippen molar-refractivity contribution in [2.45, 2.75) is 78.7 Å². The first-order chi connectivity index (χ1) is 15.4. The highest BCUT2D eigenvalue weighted by Crippen LogP contribution is 2.36. The molecule has 0 aliphatic heterocycles. The maximum atomic E-state index is 14.1. The monoisotopic (exact) mass is 472 g/mol. The minimum Gasteiger partial charge on any atom is -0.449 e. The SMILES string of the molecule is CCCN(C(=O)c1cc2nc(-c3ccc(Cl)c(F)c3)cc(C(C)(C)C)c2o1)C(C)(C)CCC. The van der Waals surface area contributed by atoms with Gasteiger partial charge in [0.15, 0.2) is 11.3 Å².